The summed E-state index contributed by atoms with van der Waals surface area (Å²) in [6, 6.07) is 8.26. The van der Waals surface area contributed by atoms with Crippen molar-refractivity contribution in [2.75, 3.05) is 0 Å². The minimum atomic E-state index is -0.411. The molecule has 3 rings (SSSR count). The molecule has 0 saturated carbocycles. The average molecular weight is 213 g/mol. The molecule has 4 heteroatoms. The van der Waals surface area contributed by atoms with Gasteiger partial charge in [-0.1, -0.05) is 18.2 Å². The van der Waals surface area contributed by atoms with Crippen LogP contribution in [0, 0.1) is 10.1 Å². The number of carbonyl (C=O) groups excluding carboxylic acids is 1. The van der Waals surface area contributed by atoms with Crippen molar-refractivity contribution in [2.45, 2.75) is 6.42 Å². The van der Waals surface area contributed by atoms with Crippen molar-refractivity contribution < 1.29 is 9.72 Å². The molecule has 0 radical (unpaired) electrons. The lowest BCUT2D eigenvalue weighted by atomic mass is 10.0. The maximum absolute atomic E-state index is 11.7. The number of nitro benzene ring substituents is 1. The lowest BCUT2D eigenvalue weighted by Gasteiger charge is -2.01. The monoisotopic (exact) mass is 213 g/mol. The zero-order valence-electron chi connectivity index (χ0n) is 8.27. The molecule has 0 amide bonds. The zero-order chi connectivity index (χ0) is 11.3. The normalized spacial score (nSPS) is 13.4. The fourth-order valence-corrected chi connectivity index (χ4v) is 2.27. The van der Waals surface area contributed by atoms with E-state index in [2.05, 4.69) is 0 Å². The maximum atomic E-state index is 11.7. The Hall–Kier alpha value is -2.23. The van der Waals surface area contributed by atoms with Gasteiger partial charge in [-0.3, -0.25) is 14.9 Å². The van der Waals surface area contributed by atoms with Gasteiger partial charge in [-0.15, -0.1) is 0 Å². The highest BCUT2D eigenvalue weighted by Crippen LogP contribution is 2.35. The van der Waals surface area contributed by atoms with Crippen molar-refractivity contribution in [1.29, 1.82) is 0 Å². The van der Waals surface area contributed by atoms with E-state index in [0.29, 0.717) is 17.4 Å². The van der Waals surface area contributed by atoms with E-state index in [0.717, 1.165) is 10.9 Å². The van der Waals surface area contributed by atoms with Gasteiger partial charge in [-0.05, 0) is 11.6 Å². The van der Waals surface area contributed by atoms with E-state index in [1.165, 1.54) is 6.07 Å². The van der Waals surface area contributed by atoms with Crippen molar-refractivity contribution in [1.82, 2.24) is 0 Å². The molecule has 78 valence electrons. The molecular formula is C12H7NO3. The summed E-state index contributed by atoms with van der Waals surface area (Å²) in [6.45, 7) is 0. The number of nitrogens with zero attached hydrogens (tertiary/aromatic N) is 1. The van der Waals surface area contributed by atoms with Gasteiger partial charge in [0.25, 0.3) is 5.69 Å². The third kappa shape index (κ3) is 1.01. The molecule has 2 aromatic carbocycles. The molecule has 4 nitrogen and oxygen atoms in total. The Morgan fingerprint density at radius 3 is 2.75 bits per heavy atom. The Bertz CT molecular complexity index is 646. The first-order valence-corrected chi connectivity index (χ1v) is 4.90. The summed E-state index contributed by atoms with van der Waals surface area (Å²) in [6.07, 6.45) is 0.355. The van der Waals surface area contributed by atoms with Crippen LogP contribution in [0.4, 0.5) is 5.69 Å². The highest BCUT2D eigenvalue weighted by atomic mass is 16.6. The average Bonchev–Trinajstić information content (AvgIpc) is 2.58. The summed E-state index contributed by atoms with van der Waals surface area (Å²) in [5.74, 6) is 0.0427. The van der Waals surface area contributed by atoms with E-state index in [4.69, 9.17) is 0 Å². The Kier molecular flexibility index (Phi) is 1.63. The molecule has 16 heavy (non-hydrogen) atoms. The topological polar surface area (TPSA) is 60.2 Å². The smallest absolute Gasteiger partial charge is 0.277 e. The van der Waals surface area contributed by atoms with Crippen LogP contribution < -0.4 is 0 Å². The van der Waals surface area contributed by atoms with Gasteiger partial charge < -0.3 is 0 Å². The van der Waals surface area contributed by atoms with Gasteiger partial charge in [0, 0.05) is 23.4 Å². The van der Waals surface area contributed by atoms with Crippen molar-refractivity contribution in [3.63, 3.8) is 0 Å². The first kappa shape index (κ1) is 9.03. The van der Waals surface area contributed by atoms with E-state index >= 15 is 0 Å². The zero-order valence-corrected chi connectivity index (χ0v) is 8.27. The summed E-state index contributed by atoms with van der Waals surface area (Å²) in [5.41, 5.74) is 1.56. The Morgan fingerprint density at radius 2 is 2.00 bits per heavy atom. The maximum Gasteiger partial charge on any atom is 0.277 e. The molecule has 0 aromatic heterocycles. The number of rotatable bonds is 1. The van der Waals surface area contributed by atoms with Crippen LogP contribution in [0.1, 0.15) is 15.9 Å². The highest BCUT2D eigenvalue weighted by Gasteiger charge is 2.25. The van der Waals surface area contributed by atoms with Crippen molar-refractivity contribution in [3.05, 3.63) is 51.6 Å². The molecule has 0 fully saturated rings. The highest BCUT2D eigenvalue weighted by molar-refractivity contribution is 6.17. The molecule has 0 N–H and O–H groups in total. The van der Waals surface area contributed by atoms with Crippen LogP contribution in [0.2, 0.25) is 0 Å². The summed E-state index contributed by atoms with van der Waals surface area (Å²) in [4.78, 5) is 22.1. The summed E-state index contributed by atoms with van der Waals surface area (Å²) >= 11 is 0. The molecule has 0 atom stereocenters. The number of hydrogen-bond acceptors (Lipinski definition) is 3. The van der Waals surface area contributed by atoms with Gasteiger partial charge in [-0.25, -0.2) is 0 Å². The van der Waals surface area contributed by atoms with Gasteiger partial charge in [0.2, 0.25) is 0 Å². The first-order chi connectivity index (χ1) is 7.68. The molecule has 0 bridgehead atoms. The predicted molar refractivity (Wildman–Crippen MR) is 58.6 cm³/mol. The largest absolute Gasteiger partial charge is 0.294 e. The number of benzene rings is 2. The van der Waals surface area contributed by atoms with Gasteiger partial charge >= 0.3 is 0 Å². The first-order valence-electron chi connectivity index (χ1n) is 4.90. The number of carbonyl (C=O) groups is 1. The van der Waals surface area contributed by atoms with Crippen molar-refractivity contribution in [2.24, 2.45) is 0 Å². The van der Waals surface area contributed by atoms with Crippen LogP contribution in [-0.4, -0.2) is 10.7 Å². The number of ketones is 1. The Balaban J connectivity index is 2.50. The van der Waals surface area contributed by atoms with E-state index in [1.54, 1.807) is 24.3 Å². The molecule has 1 aliphatic carbocycles. The predicted octanol–water partition coefficient (Wildman–Crippen LogP) is 2.49. The van der Waals surface area contributed by atoms with Gasteiger partial charge in [0.05, 0.1) is 10.3 Å². The van der Waals surface area contributed by atoms with Crippen molar-refractivity contribution in [3.8, 4) is 0 Å². The fraction of sp³-hybridized carbons (Fsp3) is 0.0833. The molecule has 1 aliphatic rings. The van der Waals surface area contributed by atoms with Crippen LogP contribution in [0.5, 0.6) is 0 Å². The van der Waals surface area contributed by atoms with E-state index in [9.17, 15) is 14.9 Å². The number of non-ortho nitro benzene ring substituents is 1. The lowest BCUT2D eigenvalue weighted by molar-refractivity contribution is -0.383. The minimum absolute atomic E-state index is 0.0427. The van der Waals surface area contributed by atoms with Crippen LogP contribution in [0.3, 0.4) is 0 Å². The molecular weight excluding hydrogens is 206 g/mol. The summed E-state index contributed by atoms with van der Waals surface area (Å²) < 4.78 is 0. The van der Waals surface area contributed by atoms with E-state index in [1.807, 2.05) is 0 Å². The van der Waals surface area contributed by atoms with Crippen LogP contribution in [0.25, 0.3) is 10.8 Å². The molecule has 2 aromatic rings. The molecule has 0 saturated heterocycles. The molecule has 0 unspecified atom stereocenters. The second-order valence-corrected chi connectivity index (χ2v) is 3.83. The molecule has 0 heterocycles. The summed E-state index contributed by atoms with van der Waals surface area (Å²) in [5, 5.41) is 12.2. The second-order valence-electron chi connectivity index (χ2n) is 3.83. The van der Waals surface area contributed by atoms with Crippen LogP contribution >= 0.6 is 0 Å². The number of Topliss-reactive ketones (excluding diaryl/α,β-unsaturated/α-hetero) is 1. The van der Waals surface area contributed by atoms with Gasteiger partial charge in [0.15, 0.2) is 5.78 Å². The van der Waals surface area contributed by atoms with E-state index in [-0.39, 0.29) is 11.5 Å². The lowest BCUT2D eigenvalue weighted by Crippen LogP contribution is -1.93. The SMILES string of the molecule is O=C1Cc2ccc([N+](=O)[O-])c3cccc1c23. The Labute approximate surface area is 90.7 Å². The van der Waals surface area contributed by atoms with E-state index < -0.39 is 4.92 Å². The third-order valence-corrected chi connectivity index (χ3v) is 2.95. The van der Waals surface area contributed by atoms with Gasteiger partial charge in [0.1, 0.15) is 0 Å². The number of hydrogen-bond donors (Lipinski definition) is 0. The standard InChI is InChI=1S/C12H7NO3/c14-11-6-7-4-5-10(13(15)16)8-2-1-3-9(11)12(7)8/h1-5H,6H2. The Morgan fingerprint density at radius 1 is 1.19 bits per heavy atom. The second kappa shape index (κ2) is 2.88. The quantitative estimate of drug-likeness (QED) is 0.540. The van der Waals surface area contributed by atoms with Gasteiger partial charge in [-0.2, -0.15) is 0 Å². The summed E-state index contributed by atoms with van der Waals surface area (Å²) in [7, 11) is 0. The van der Waals surface area contributed by atoms with Crippen LogP contribution in [0.15, 0.2) is 30.3 Å². The minimum Gasteiger partial charge on any atom is -0.294 e. The molecule has 0 aliphatic heterocycles. The van der Waals surface area contributed by atoms with Crippen LogP contribution in [-0.2, 0) is 6.42 Å². The fourth-order valence-electron chi connectivity index (χ4n) is 2.27. The van der Waals surface area contributed by atoms with Crippen molar-refractivity contribution >= 4 is 22.2 Å². The molecule has 0 spiro atoms. The number of nitro groups is 1. The third-order valence-electron chi connectivity index (χ3n) is 2.95.